The Hall–Kier alpha value is -2.91. The molecule has 1 saturated heterocycles. The van der Waals surface area contributed by atoms with E-state index in [-0.39, 0.29) is 28.8 Å². The molecule has 210 valence electrons. The van der Waals surface area contributed by atoms with Crippen molar-refractivity contribution in [1.82, 2.24) is 0 Å². The first kappa shape index (κ1) is 27.3. The van der Waals surface area contributed by atoms with E-state index in [0.717, 1.165) is 74.9 Å². The minimum atomic E-state index is -0.390. The maximum atomic E-state index is 13.9. The van der Waals surface area contributed by atoms with Gasteiger partial charge in [0, 0.05) is 24.9 Å². The van der Waals surface area contributed by atoms with Gasteiger partial charge in [-0.1, -0.05) is 66.3 Å². The predicted molar refractivity (Wildman–Crippen MR) is 162 cm³/mol. The van der Waals surface area contributed by atoms with E-state index in [1.54, 1.807) is 0 Å². The topological polar surface area (TPSA) is 35.5 Å². The largest absolute Gasteiger partial charge is 0.490 e. The van der Waals surface area contributed by atoms with Crippen LogP contribution >= 0.6 is 0 Å². The van der Waals surface area contributed by atoms with Crippen molar-refractivity contribution < 1.29 is 14.3 Å². The van der Waals surface area contributed by atoms with Crippen molar-refractivity contribution >= 4 is 5.78 Å². The summed E-state index contributed by atoms with van der Waals surface area (Å²) in [5.74, 6) is 1.73. The first-order valence-corrected chi connectivity index (χ1v) is 15.4. The summed E-state index contributed by atoms with van der Waals surface area (Å²) < 4.78 is 12.6. The van der Waals surface area contributed by atoms with Crippen molar-refractivity contribution in [2.75, 3.05) is 6.61 Å². The van der Waals surface area contributed by atoms with Crippen LogP contribution in [-0.2, 0) is 14.9 Å². The molecule has 0 bridgehead atoms. The maximum Gasteiger partial charge on any atom is 0.166 e. The molecule has 5 aliphatic rings. The van der Waals surface area contributed by atoms with E-state index in [2.05, 4.69) is 75.6 Å². The lowest BCUT2D eigenvalue weighted by atomic mass is 9.63. The summed E-state index contributed by atoms with van der Waals surface area (Å²) in [4.78, 5) is 13.9. The molecule has 3 heteroatoms. The molecule has 40 heavy (non-hydrogen) atoms. The molecule has 0 N–H and O–H groups in total. The molecule has 2 saturated carbocycles. The second kappa shape index (κ2) is 10.8. The number of hydrogen-bond donors (Lipinski definition) is 0. The average Bonchev–Trinajstić information content (AvgIpc) is 3.85. The number of ketones is 1. The van der Waals surface area contributed by atoms with Gasteiger partial charge < -0.3 is 9.47 Å². The molecule has 0 amide bonds. The highest BCUT2D eigenvalue weighted by Gasteiger charge is 2.51. The fourth-order valence-electron chi connectivity index (χ4n) is 7.62. The molecule has 1 aromatic carbocycles. The molecule has 1 aromatic rings. The fourth-order valence-corrected chi connectivity index (χ4v) is 7.62. The van der Waals surface area contributed by atoms with Gasteiger partial charge in [-0.15, -0.1) is 0 Å². The van der Waals surface area contributed by atoms with Crippen LogP contribution in [0.15, 0.2) is 95.7 Å². The van der Waals surface area contributed by atoms with E-state index in [1.165, 1.54) is 35.1 Å². The lowest BCUT2D eigenvalue weighted by molar-refractivity contribution is -0.116. The highest BCUT2D eigenvalue weighted by Crippen LogP contribution is 2.59. The quantitative estimate of drug-likeness (QED) is 0.234. The van der Waals surface area contributed by atoms with E-state index in [9.17, 15) is 4.79 Å². The van der Waals surface area contributed by atoms with Gasteiger partial charge in [0.25, 0.3) is 0 Å². The zero-order valence-corrected chi connectivity index (χ0v) is 24.3. The molecule has 0 radical (unpaired) electrons. The van der Waals surface area contributed by atoms with E-state index >= 15 is 0 Å². The third kappa shape index (κ3) is 4.91. The van der Waals surface area contributed by atoms with Crippen LogP contribution in [-0.4, -0.2) is 24.6 Å². The Bertz CT molecular complexity index is 1300. The molecule has 0 spiro atoms. The summed E-state index contributed by atoms with van der Waals surface area (Å²) in [6.45, 7) is 13.9. The van der Waals surface area contributed by atoms with Gasteiger partial charge in [-0.25, -0.2) is 0 Å². The summed E-state index contributed by atoms with van der Waals surface area (Å²) in [6.07, 6.45) is 21.2. The number of benzene rings is 1. The van der Waals surface area contributed by atoms with Crippen LogP contribution in [0.5, 0.6) is 5.75 Å². The molecule has 1 heterocycles. The zero-order valence-electron chi connectivity index (χ0n) is 24.3. The molecule has 2 unspecified atom stereocenters. The summed E-state index contributed by atoms with van der Waals surface area (Å²) in [5, 5.41) is 0. The van der Waals surface area contributed by atoms with Crippen LogP contribution in [0.4, 0.5) is 0 Å². The fraction of sp³-hybridized carbons (Fsp3) is 0.486. The van der Waals surface area contributed by atoms with Gasteiger partial charge in [0.2, 0.25) is 0 Å². The van der Waals surface area contributed by atoms with Crippen molar-refractivity contribution in [2.45, 2.75) is 95.7 Å². The average molecular weight is 537 g/mol. The van der Waals surface area contributed by atoms with Gasteiger partial charge in [0.15, 0.2) is 5.78 Å². The number of ether oxygens (including phenoxy) is 2. The predicted octanol–water partition coefficient (Wildman–Crippen LogP) is 8.69. The SMILES string of the molecule is C=C(C)C(C(=C)C)(C1=CC=C2/C(=C/C(=O)C3(c4ccc(OC5CC=CCC5)cc4)CC3)CCCOC2C1)C1CC1. The molecule has 3 nitrogen and oxygen atoms in total. The highest BCUT2D eigenvalue weighted by molar-refractivity contribution is 6.02. The molecule has 6 rings (SSSR count). The Kier molecular flexibility index (Phi) is 7.38. The van der Waals surface area contributed by atoms with Crippen LogP contribution in [0, 0.1) is 11.3 Å². The second-order valence-corrected chi connectivity index (χ2v) is 12.8. The highest BCUT2D eigenvalue weighted by atomic mass is 16.5. The standard InChI is InChI=1S/C37H44O3/c1-25(2)37(26(3)4,29-12-13-29)30-16-19-33-27(9-8-22-39-34(33)24-30)23-35(38)36(20-21-36)28-14-17-32(18-15-28)40-31-10-6-5-7-11-31/h5-6,14-19,23,29,31,34H,1,3,7-13,20-22,24H2,2,4H3/b27-23+. The van der Waals surface area contributed by atoms with Crippen molar-refractivity contribution in [3.63, 3.8) is 0 Å². The van der Waals surface area contributed by atoms with Crippen LogP contribution in [0.1, 0.15) is 83.6 Å². The number of carbonyl (C=O) groups is 1. The molecule has 4 aliphatic carbocycles. The third-order valence-electron chi connectivity index (χ3n) is 10.00. The Balaban J connectivity index is 1.24. The summed E-state index contributed by atoms with van der Waals surface area (Å²) in [7, 11) is 0. The van der Waals surface area contributed by atoms with Gasteiger partial charge in [0.05, 0.1) is 11.5 Å². The zero-order chi connectivity index (χ0) is 27.9. The van der Waals surface area contributed by atoms with Crippen molar-refractivity contribution in [3.8, 4) is 5.75 Å². The number of fused-ring (bicyclic) bond motifs is 1. The van der Waals surface area contributed by atoms with E-state index in [0.29, 0.717) is 5.92 Å². The number of hydrogen-bond acceptors (Lipinski definition) is 3. The summed E-state index contributed by atoms with van der Waals surface area (Å²) in [5.41, 5.74) is 6.68. The van der Waals surface area contributed by atoms with Gasteiger partial charge >= 0.3 is 0 Å². The van der Waals surface area contributed by atoms with Crippen LogP contribution in [0.3, 0.4) is 0 Å². The minimum absolute atomic E-state index is 0.0143. The molecular formula is C37H44O3. The Morgan fingerprint density at radius 3 is 2.42 bits per heavy atom. The van der Waals surface area contributed by atoms with E-state index in [4.69, 9.17) is 9.47 Å². The molecular weight excluding hydrogens is 492 g/mol. The van der Waals surface area contributed by atoms with Crippen LogP contribution in [0.2, 0.25) is 0 Å². The number of carbonyl (C=O) groups excluding carboxylic acids is 1. The monoisotopic (exact) mass is 536 g/mol. The maximum absolute atomic E-state index is 13.9. The Morgan fingerprint density at radius 2 is 1.80 bits per heavy atom. The first-order valence-electron chi connectivity index (χ1n) is 15.4. The Labute approximate surface area is 240 Å². The molecule has 3 fully saturated rings. The summed E-state index contributed by atoms with van der Waals surface area (Å²) in [6, 6.07) is 8.32. The normalized spacial score (nSPS) is 26.7. The van der Waals surface area contributed by atoms with E-state index < -0.39 is 0 Å². The van der Waals surface area contributed by atoms with Gasteiger partial charge in [0.1, 0.15) is 11.9 Å². The molecule has 2 atom stereocenters. The number of allylic oxidation sites excluding steroid dienone is 6. The second-order valence-electron chi connectivity index (χ2n) is 12.8. The smallest absolute Gasteiger partial charge is 0.166 e. The van der Waals surface area contributed by atoms with Gasteiger partial charge in [-0.2, -0.15) is 0 Å². The third-order valence-corrected chi connectivity index (χ3v) is 10.00. The van der Waals surface area contributed by atoms with Crippen molar-refractivity contribution in [2.24, 2.45) is 11.3 Å². The molecule has 1 aliphatic heterocycles. The Morgan fingerprint density at radius 1 is 1.05 bits per heavy atom. The van der Waals surface area contributed by atoms with Crippen LogP contribution in [0.25, 0.3) is 0 Å². The van der Waals surface area contributed by atoms with Crippen molar-refractivity contribution in [3.05, 3.63) is 101 Å². The summed E-state index contributed by atoms with van der Waals surface area (Å²) >= 11 is 0. The van der Waals surface area contributed by atoms with Crippen molar-refractivity contribution in [1.29, 1.82) is 0 Å². The van der Waals surface area contributed by atoms with E-state index in [1.807, 2.05) is 6.08 Å². The van der Waals surface area contributed by atoms with Gasteiger partial charge in [-0.3, -0.25) is 4.79 Å². The minimum Gasteiger partial charge on any atom is -0.490 e. The number of rotatable bonds is 9. The lowest BCUT2D eigenvalue weighted by Crippen LogP contribution is -2.33. The lowest BCUT2D eigenvalue weighted by Gasteiger charge is -2.41. The van der Waals surface area contributed by atoms with Gasteiger partial charge in [-0.05, 0) is 106 Å². The molecule has 0 aromatic heterocycles. The van der Waals surface area contributed by atoms with Crippen LogP contribution < -0.4 is 4.74 Å². The first-order chi connectivity index (χ1) is 19.3.